The van der Waals surface area contributed by atoms with Gasteiger partial charge in [-0.2, -0.15) is 5.26 Å². The van der Waals surface area contributed by atoms with Gasteiger partial charge in [-0.15, -0.1) is 0 Å². The van der Waals surface area contributed by atoms with Gasteiger partial charge >= 0.3 is 0 Å². The van der Waals surface area contributed by atoms with Crippen LogP contribution < -0.4 is 0 Å². The highest BCUT2D eigenvalue weighted by Crippen LogP contribution is 2.26. The summed E-state index contributed by atoms with van der Waals surface area (Å²) in [4.78, 5) is 17.5. The number of likely N-dealkylation sites (tertiary alicyclic amines) is 2. The minimum absolute atomic E-state index is 0.212. The topological polar surface area (TPSA) is 47.3 Å². The molecule has 2 aromatic carbocycles. The van der Waals surface area contributed by atoms with Crippen LogP contribution in [0, 0.1) is 17.2 Å². The molecule has 2 aliphatic rings. The minimum atomic E-state index is 0.212. The van der Waals surface area contributed by atoms with Crippen molar-refractivity contribution in [1.82, 2.24) is 9.80 Å². The molecule has 2 aromatic rings. The Balaban J connectivity index is 1.31. The van der Waals surface area contributed by atoms with Crippen molar-refractivity contribution < 1.29 is 4.79 Å². The van der Waals surface area contributed by atoms with Gasteiger partial charge in [0.05, 0.1) is 11.6 Å². The zero-order valence-corrected chi connectivity index (χ0v) is 17.7. The van der Waals surface area contributed by atoms with Crippen LogP contribution in [0.1, 0.15) is 49.7 Å². The van der Waals surface area contributed by atoms with E-state index in [1.54, 1.807) is 0 Å². The van der Waals surface area contributed by atoms with E-state index in [0.29, 0.717) is 11.5 Å². The smallest absolute Gasteiger partial charge is 0.225 e. The van der Waals surface area contributed by atoms with E-state index in [0.717, 1.165) is 56.7 Å². The molecule has 0 saturated carbocycles. The Kier molecular flexibility index (Phi) is 6.81. The van der Waals surface area contributed by atoms with Gasteiger partial charge in [-0.25, -0.2) is 0 Å². The maximum absolute atomic E-state index is 12.9. The van der Waals surface area contributed by atoms with Crippen LogP contribution in [0.2, 0.25) is 0 Å². The molecule has 30 heavy (non-hydrogen) atoms. The number of rotatable bonds is 4. The first kappa shape index (κ1) is 20.6. The molecule has 4 heteroatoms. The van der Waals surface area contributed by atoms with Crippen LogP contribution >= 0.6 is 0 Å². The van der Waals surface area contributed by atoms with Crippen LogP contribution in [-0.2, 0) is 11.3 Å². The van der Waals surface area contributed by atoms with E-state index in [-0.39, 0.29) is 5.92 Å². The van der Waals surface area contributed by atoms with Crippen molar-refractivity contribution >= 4 is 5.91 Å². The van der Waals surface area contributed by atoms with Gasteiger partial charge in [0, 0.05) is 25.6 Å². The highest BCUT2D eigenvalue weighted by molar-refractivity contribution is 5.79. The van der Waals surface area contributed by atoms with E-state index in [9.17, 15) is 10.1 Å². The summed E-state index contributed by atoms with van der Waals surface area (Å²) in [5.41, 5.74) is 4.06. The lowest BCUT2D eigenvalue weighted by molar-refractivity contribution is -0.137. The van der Waals surface area contributed by atoms with Crippen molar-refractivity contribution in [3.8, 4) is 17.2 Å². The van der Waals surface area contributed by atoms with Crippen molar-refractivity contribution in [2.45, 2.75) is 45.1 Å². The second-order valence-electron chi connectivity index (χ2n) is 8.64. The fourth-order valence-corrected chi connectivity index (χ4v) is 4.77. The third-order valence-corrected chi connectivity index (χ3v) is 6.57. The molecule has 4 rings (SSSR count). The number of piperidine rings is 1. The Morgan fingerprint density at radius 1 is 0.900 bits per heavy atom. The number of hydrogen-bond donors (Lipinski definition) is 0. The molecule has 0 aromatic heterocycles. The largest absolute Gasteiger partial charge is 0.342 e. The van der Waals surface area contributed by atoms with Crippen LogP contribution in [-0.4, -0.2) is 41.9 Å². The first-order chi connectivity index (χ1) is 14.7. The van der Waals surface area contributed by atoms with Crippen LogP contribution in [0.25, 0.3) is 11.1 Å². The molecule has 1 amide bonds. The highest BCUT2D eigenvalue weighted by Gasteiger charge is 2.28. The molecule has 2 aliphatic heterocycles. The molecule has 2 heterocycles. The Labute approximate surface area is 180 Å². The lowest BCUT2D eigenvalue weighted by Crippen LogP contribution is -2.42. The van der Waals surface area contributed by atoms with Gasteiger partial charge in [0.25, 0.3) is 0 Å². The predicted octanol–water partition coefficient (Wildman–Crippen LogP) is 4.84. The summed E-state index contributed by atoms with van der Waals surface area (Å²) in [6.07, 6.45) is 6.82. The molecule has 4 nitrogen and oxygen atoms in total. The highest BCUT2D eigenvalue weighted by atomic mass is 16.2. The molecule has 0 bridgehead atoms. The predicted molar refractivity (Wildman–Crippen MR) is 120 cm³/mol. The molecule has 0 unspecified atom stereocenters. The zero-order chi connectivity index (χ0) is 20.8. The molecule has 0 N–H and O–H groups in total. The van der Waals surface area contributed by atoms with Gasteiger partial charge in [-0.1, -0.05) is 55.3 Å². The summed E-state index contributed by atoms with van der Waals surface area (Å²) in [6, 6.07) is 18.6. The maximum atomic E-state index is 12.9. The average Bonchev–Trinajstić information content (AvgIpc) is 3.09. The quantitative estimate of drug-likeness (QED) is 0.736. The molecular formula is C26H31N3O. The van der Waals surface area contributed by atoms with Crippen LogP contribution in [0.3, 0.4) is 0 Å². The normalized spacial score (nSPS) is 18.6. The van der Waals surface area contributed by atoms with Crippen molar-refractivity contribution in [1.29, 1.82) is 5.26 Å². The number of amides is 1. The molecular weight excluding hydrogens is 370 g/mol. The van der Waals surface area contributed by atoms with Crippen LogP contribution in [0.5, 0.6) is 0 Å². The molecule has 0 radical (unpaired) electrons. The fourth-order valence-electron chi connectivity index (χ4n) is 4.77. The van der Waals surface area contributed by atoms with Gasteiger partial charge in [0.15, 0.2) is 0 Å². The van der Waals surface area contributed by atoms with Crippen molar-refractivity contribution in [2.75, 3.05) is 26.2 Å². The Bertz CT molecular complexity index is 883. The Hall–Kier alpha value is -2.64. The number of nitriles is 1. The SMILES string of the molecule is N#Cc1ccccc1-c1ccc(CN2CCC(C(=O)N3CCCCCC3)CC2)cc1. The molecule has 156 valence electrons. The number of nitrogens with zero attached hydrogens (tertiary/aromatic N) is 3. The van der Waals surface area contributed by atoms with E-state index in [2.05, 4.69) is 40.1 Å². The maximum Gasteiger partial charge on any atom is 0.225 e. The first-order valence-corrected chi connectivity index (χ1v) is 11.3. The van der Waals surface area contributed by atoms with E-state index in [1.165, 1.54) is 31.2 Å². The van der Waals surface area contributed by atoms with E-state index < -0.39 is 0 Å². The first-order valence-electron chi connectivity index (χ1n) is 11.3. The van der Waals surface area contributed by atoms with Gasteiger partial charge in [0.2, 0.25) is 5.91 Å². The average molecular weight is 402 g/mol. The van der Waals surface area contributed by atoms with Crippen molar-refractivity contribution in [3.63, 3.8) is 0 Å². The standard InChI is InChI=1S/C26H31N3O/c27-19-24-7-3-4-8-25(24)22-11-9-21(10-12-22)20-28-17-13-23(14-18-28)26(30)29-15-5-1-2-6-16-29/h3-4,7-12,23H,1-2,5-6,13-18,20H2. The third-order valence-electron chi connectivity index (χ3n) is 6.57. The third kappa shape index (κ3) is 4.91. The summed E-state index contributed by atoms with van der Waals surface area (Å²) in [6.45, 7) is 4.82. The molecule has 2 fully saturated rings. The lowest BCUT2D eigenvalue weighted by atomic mass is 9.94. The Morgan fingerprint density at radius 2 is 1.57 bits per heavy atom. The van der Waals surface area contributed by atoms with Crippen LogP contribution in [0.15, 0.2) is 48.5 Å². The fraction of sp³-hybridized carbons (Fsp3) is 0.462. The van der Waals surface area contributed by atoms with E-state index in [1.807, 2.05) is 24.3 Å². The molecule has 0 aliphatic carbocycles. The Morgan fingerprint density at radius 3 is 2.23 bits per heavy atom. The molecule has 2 saturated heterocycles. The van der Waals surface area contributed by atoms with Crippen molar-refractivity contribution in [3.05, 3.63) is 59.7 Å². The van der Waals surface area contributed by atoms with Crippen molar-refractivity contribution in [2.24, 2.45) is 5.92 Å². The summed E-state index contributed by atoms with van der Waals surface area (Å²) in [5.74, 6) is 0.612. The van der Waals surface area contributed by atoms with E-state index in [4.69, 9.17) is 0 Å². The number of carbonyl (C=O) groups is 1. The summed E-state index contributed by atoms with van der Waals surface area (Å²) in [7, 11) is 0. The van der Waals surface area contributed by atoms with Gasteiger partial charge in [-0.05, 0) is 61.5 Å². The van der Waals surface area contributed by atoms with Crippen LogP contribution in [0.4, 0.5) is 0 Å². The monoisotopic (exact) mass is 401 g/mol. The van der Waals surface area contributed by atoms with Gasteiger partial charge in [0.1, 0.15) is 0 Å². The summed E-state index contributed by atoms with van der Waals surface area (Å²) in [5, 5.41) is 9.32. The van der Waals surface area contributed by atoms with Gasteiger partial charge < -0.3 is 4.90 Å². The summed E-state index contributed by atoms with van der Waals surface area (Å²) >= 11 is 0. The number of hydrogen-bond acceptors (Lipinski definition) is 3. The molecule has 0 spiro atoms. The zero-order valence-electron chi connectivity index (χ0n) is 17.7. The number of carbonyl (C=O) groups excluding carboxylic acids is 1. The summed E-state index contributed by atoms with van der Waals surface area (Å²) < 4.78 is 0. The van der Waals surface area contributed by atoms with E-state index >= 15 is 0 Å². The second-order valence-corrected chi connectivity index (χ2v) is 8.64. The molecule has 0 atom stereocenters. The van der Waals surface area contributed by atoms with Gasteiger partial charge in [-0.3, -0.25) is 9.69 Å². The number of benzene rings is 2. The second kappa shape index (κ2) is 9.91. The lowest BCUT2D eigenvalue weighted by Gasteiger charge is -2.34. The minimum Gasteiger partial charge on any atom is -0.342 e.